The highest BCUT2D eigenvalue weighted by Gasteiger charge is 2.08. The van der Waals surface area contributed by atoms with E-state index in [2.05, 4.69) is 26.0 Å². The van der Waals surface area contributed by atoms with Crippen molar-refractivity contribution in [3.8, 4) is 5.75 Å². The first-order valence-corrected chi connectivity index (χ1v) is 8.82. The Hall–Kier alpha value is -2.18. The average molecular weight is 421 g/mol. The fourth-order valence-electron chi connectivity index (χ4n) is 2.42. The lowest BCUT2D eigenvalue weighted by Gasteiger charge is -2.08. The molecule has 0 saturated heterocycles. The molecule has 0 aliphatic carbocycles. The first-order valence-electron chi connectivity index (χ1n) is 7.65. The molecule has 1 heterocycles. The van der Waals surface area contributed by atoms with Crippen molar-refractivity contribution in [1.29, 1.82) is 0 Å². The monoisotopic (exact) mass is 419 g/mol. The van der Waals surface area contributed by atoms with Crippen molar-refractivity contribution in [1.82, 2.24) is 9.66 Å². The van der Waals surface area contributed by atoms with Crippen LogP contribution in [0.15, 0.2) is 50.8 Å². The Morgan fingerprint density at radius 1 is 1.32 bits per heavy atom. The average Bonchev–Trinajstić information content (AvgIpc) is 2.58. The zero-order chi connectivity index (χ0) is 18.0. The number of halogens is 2. The Kier molecular flexibility index (Phi) is 5.20. The van der Waals surface area contributed by atoms with Gasteiger partial charge in [0.15, 0.2) is 0 Å². The summed E-state index contributed by atoms with van der Waals surface area (Å²) in [6.07, 6.45) is 1.55. The topological polar surface area (TPSA) is 56.5 Å². The minimum Gasteiger partial charge on any atom is -0.493 e. The molecule has 0 N–H and O–H groups in total. The van der Waals surface area contributed by atoms with Gasteiger partial charge in [-0.2, -0.15) is 9.78 Å². The van der Waals surface area contributed by atoms with E-state index in [1.807, 2.05) is 13.0 Å². The maximum absolute atomic E-state index is 12.7. The molecule has 0 aliphatic rings. The predicted molar refractivity (Wildman–Crippen MR) is 104 cm³/mol. The first kappa shape index (κ1) is 17.6. The normalized spacial score (nSPS) is 11.4. The molecule has 2 aromatic carbocycles. The molecule has 7 heteroatoms. The molecule has 0 aliphatic heterocycles. The van der Waals surface area contributed by atoms with Gasteiger partial charge in [0, 0.05) is 15.1 Å². The van der Waals surface area contributed by atoms with E-state index in [0.717, 1.165) is 4.47 Å². The third-order valence-electron chi connectivity index (χ3n) is 3.55. The molecule has 0 amide bonds. The molecule has 0 unspecified atom stereocenters. The highest BCUT2D eigenvalue weighted by Crippen LogP contribution is 2.21. The van der Waals surface area contributed by atoms with Gasteiger partial charge < -0.3 is 4.74 Å². The minimum absolute atomic E-state index is 0.236. The molecular weight excluding hydrogens is 406 g/mol. The van der Waals surface area contributed by atoms with E-state index in [9.17, 15) is 4.79 Å². The number of fused-ring (bicyclic) bond motifs is 1. The lowest BCUT2D eigenvalue weighted by Crippen LogP contribution is -2.20. The molecule has 0 saturated carbocycles. The van der Waals surface area contributed by atoms with Crippen LogP contribution >= 0.6 is 27.5 Å². The summed E-state index contributed by atoms with van der Waals surface area (Å²) in [5, 5.41) is 5.36. The van der Waals surface area contributed by atoms with E-state index in [0.29, 0.717) is 39.7 Å². The number of aromatic nitrogens is 2. The van der Waals surface area contributed by atoms with Gasteiger partial charge in [0.25, 0.3) is 5.56 Å². The van der Waals surface area contributed by atoms with Gasteiger partial charge in [-0.15, -0.1) is 0 Å². The van der Waals surface area contributed by atoms with Gasteiger partial charge in [0.1, 0.15) is 11.6 Å². The summed E-state index contributed by atoms with van der Waals surface area (Å²) in [5.74, 6) is 1.15. The Bertz CT molecular complexity index is 1030. The van der Waals surface area contributed by atoms with Gasteiger partial charge in [0.2, 0.25) is 0 Å². The van der Waals surface area contributed by atoms with Crippen molar-refractivity contribution in [2.45, 2.75) is 13.8 Å². The highest BCUT2D eigenvalue weighted by molar-refractivity contribution is 9.10. The molecule has 0 bridgehead atoms. The maximum atomic E-state index is 12.7. The van der Waals surface area contributed by atoms with E-state index in [1.165, 1.54) is 4.68 Å². The van der Waals surface area contributed by atoms with Gasteiger partial charge in [-0.1, -0.05) is 27.5 Å². The molecule has 0 fully saturated rings. The second-order valence-corrected chi connectivity index (χ2v) is 6.65. The Balaban J connectivity index is 2.11. The van der Waals surface area contributed by atoms with Crippen LogP contribution in [-0.2, 0) is 0 Å². The summed E-state index contributed by atoms with van der Waals surface area (Å²) >= 11 is 9.43. The van der Waals surface area contributed by atoms with Crippen LogP contribution in [0.4, 0.5) is 0 Å². The number of benzene rings is 2. The van der Waals surface area contributed by atoms with Gasteiger partial charge in [-0.25, -0.2) is 4.98 Å². The van der Waals surface area contributed by atoms with Crippen LogP contribution in [0.2, 0.25) is 5.02 Å². The lowest BCUT2D eigenvalue weighted by atomic mass is 10.2. The Labute approximate surface area is 158 Å². The van der Waals surface area contributed by atoms with Crippen molar-refractivity contribution in [2.75, 3.05) is 6.61 Å². The second kappa shape index (κ2) is 7.37. The molecule has 5 nitrogen and oxygen atoms in total. The van der Waals surface area contributed by atoms with Gasteiger partial charge in [-0.3, -0.25) is 4.79 Å². The Morgan fingerprint density at radius 2 is 2.12 bits per heavy atom. The molecular formula is C18H15BrClN3O2. The quantitative estimate of drug-likeness (QED) is 0.588. The zero-order valence-corrected chi connectivity index (χ0v) is 16.0. The summed E-state index contributed by atoms with van der Waals surface area (Å²) in [5.41, 5.74) is 1.09. The van der Waals surface area contributed by atoms with Crippen molar-refractivity contribution in [3.63, 3.8) is 0 Å². The Morgan fingerprint density at radius 3 is 2.88 bits per heavy atom. The first-order chi connectivity index (χ1) is 12.0. The fraction of sp³-hybridized carbons (Fsp3) is 0.167. The molecule has 0 spiro atoms. The van der Waals surface area contributed by atoms with E-state index >= 15 is 0 Å². The van der Waals surface area contributed by atoms with Crippen molar-refractivity contribution >= 4 is 44.6 Å². The van der Waals surface area contributed by atoms with Crippen LogP contribution in [0.1, 0.15) is 18.3 Å². The summed E-state index contributed by atoms with van der Waals surface area (Å²) in [7, 11) is 0. The number of hydrogen-bond donors (Lipinski definition) is 0. The molecule has 3 rings (SSSR count). The van der Waals surface area contributed by atoms with Crippen LogP contribution in [0, 0.1) is 6.92 Å². The number of rotatable bonds is 4. The van der Waals surface area contributed by atoms with Crippen molar-refractivity contribution in [2.24, 2.45) is 5.10 Å². The highest BCUT2D eigenvalue weighted by atomic mass is 79.9. The summed E-state index contributed by atoms with van der Waals surface area (Å²) in [6, 6.07) is 10.6. The van der Waals surface area contributed by atoms with Gasteiger partial charge in [-0.05, 0) is 50.2 Å². The van der Waals surface area contributed by atoms with Crippen LogP contribution < -0.4 is 10.3 Å². The van der Waals surface area contributed by atoms with E-state index in [4.69, 9.17) is 16.3 Å². The molecule has 1 aromatic heterocycles. The van der Waals surface area contributed by atoms with Gasteiger partial charge >= 0.3 is 0 Å². The third-order valence-corrected chi connectivity index (χ3v) is 4.28. The molecule has 0 radical (unpaired) electrons. The number of nitrogens with zero attached hydrogens (tertiary/aromatic N) is 3. The smallest absolute Gasteiger partial charge is 0.282 e. The summed E-state index contributed by atoms with van der Waals surface area (Å²) in [4.78, 5) is 17.2. The molecule has 128 valence electrons. The predicted octanol–water partition coefficient (Wildman–Crippen LogP) is 4.40. The lowest BCUT2D eigenvalue weighted by molar-refractivity contribution is 0.340. The standard InChI is InChI=1S/C18H15BrClN3O2/c1-3-25-17-7-5-14(20)8-12(17)10-21-23-11(2)22-16-6-4-13(19)9-15(16)18(23)24/h4-10H,3H2,1-2H3. The number of ether oxygens (including phenoxy) is 1. The van der Waals surface area contributed by atoms with E-state index in [1.54, 1.807) is 43.5 Å². The molecule has 0 atom stereocenters. The van der Waals surface area contributed by atoms with Gasteiger partial charge in [0.05, 0.1) is 23.7 Å². The molecule has 25 heavy (non-hydrogen) atoms. The SMILES string of the molecule is CCOc1ccc(Cl)cc1C=Nn1c(C)nc2ccc(Br)cc2c1=O. The summed E-state index contributed by atoms with van der Waals surface area (Å²) < 4.78 is 7.65. The largest absolute Gasteiger partial charge is 0.493 e. The van der Waals surface area contributed by atoms with Crippen molar-refractivity contribution < 1.29 is 4.74 Å². The van der Waals surface area contributed by atoms with E-state index < -0.39 is 0 Å². The maximum Gasteiger partial charge on any atom is 0.282 e. The zero-order valence-electron chi connectivity index (χ0n) is 13.7. The molecule has 3 aromatic rings. The number of hydrogen-bond acceptors (Lipinski definition) is 4. The van der Waals surface area contributed by atoms with Crippen LogP contribution in [0.3, 0.4) is 0 Å². The number of aryl methyl sites for hydroxylation is 1. The van der Waals surface area contributed by atoms with Crippen LogP contribution in [0.5, 0.6) is 5.75 Å². The van der Waals surface area contributed by atoms with Crippen molar-refractivity contribution in [3.05, 3.63) is 67.6 Å². The van der Waals surface area contributed by atoms with Crippen LogP contribution in [-0.4, -0.2) is 22.5 Å². The van der Waals surface area contributed by atoms with Crippen LogP contribution in [0.25, 0.3) is 10.9 Å². The second-order valence-electron chi connectivity index (χ2n) is 5.30. The third kappa shape index (κ3) is 3.75. The van der Waals surface area contributed by atoms with E-state index in [-0.39, 0.29) is 5.56 Å². The fourth-order valence-corrected chi connectivity index (χ4v) is 2.96. The summed E-state index contributed by atoms with van der Waals surface area (Å²) in [6.45, 7) is 4.16. The minimum atomic E-state index is -0.236.